The van der Waals surface area contributed by atoms with E-state index in [-0.39, 0.29) is 5.28 Å². The molecule has 5 rings (SSSR count). The van der Waals surface area contributed by atoms with Gasteiger partial charge in [-0.3, -0.25) is 0 Å². The van der Waals surface area contributed by atoms with Crippen molar-refractivity contribution in [1.82, 2.24) is 9.97 Å². The summed E-state index contributed by atoms with van der Waals surface area (Å²) in [5.74, 6) is 0. The Kier molecular flexibility index (Phi) is 3.47. The number of nitrogens with zero attached hydrogens (tertiary/aromatic N) is 2. The SMILES string of the molecule is Clc1nc(-c2cccc(-c3ccccc3)c2)c2c(n1)oc1ccccc12. The van der Waals surface area contributed by atoms with Gasteiger partial charge < -0.3 is 4.42 Å². The van der Waals surface area contributed by atoms with E-state index in [1.807, 2.05) is 54.6 Å². The fraction of sp³-hybridized carbons (Fsp3) is 0. The van der Waals surface area contributed by atoms with Gasteiger partial charge in [-0.1, -0.05) is 66.7 Å². The summed E-state index contributed by atoms with van der Waals surface area (Å²) < 4.78 is 5.87. The molecule has 0 saturated carbocycles. The molecular weight excluding hydrogens is 344 g/mol. The second-order valence-corrected chi connectivity index (χ2v) is 6.40. The van der Waals surface area contributed by atoms with Gasteiger partial charge in [0.1, 0.15) is 5.58 Å². The van der Waals surface area contributed by atoms with Crippen molar-refractivity contribution >= 4 is 33.7 Å². The number of hydrogen-bond acceptors (Lipinski definition) is 3. The summed E-state index contributed by atoms with van der Waals surface area (Å²) in [5.41, 5.74) is 5.32. The predicted octanol–water partition coefficient (Wildman–Crippen LogP) is 6.36. The van der Waals surface area contributed by atoms with Crippen LogP contribution in [0, 0.1) is 0 Å². The van der Waals surface area contributed by atoms with Crippen LogP contribution in [0.15, 0.2) is 83.3 Å². The van der Waals surface area contributed by atoms with Crippen LogP contribution < -0.4 is 0 Å². The standard InChI is InChI=1S/C22H13ClN2O/c23-22-24-20(19-17-11-4-5-12-18(17)26-21(19)25-22)16-10-6-9-15(13-16)14-7-2-1-3-8-14/h1-13H. The van der Waals surface area contributed by atoms with Crippen LogP contribution in [0.25, 0.3) is 44.5 Å². The molecule has 0 N–H and O–H groups in total. The van der Waals surface area contributed by atoms with Crippen molar-refractivity contribution in [2.45, 2.75) is 0 Å². The van der Waals surface area contributed by atoms with Crippen LogP contribution in [0.3, 0.4) is 0 Å². The molecule has 4 heteroatoms. The predicted molar refractivity (Wildman–Crippen MR) is 105 cm³/mol. The lowest BCUT2D eigenvalue weighted by molar-refractivity contribution is 0.653. The maximum Gasteiger partial charge on any atom is 0.232 e. The van der Waals surface area contributed by atoms with Crippen LogP contribution in [0.4, 0.5) is 0 Å². The molecule has 0 radical (unpaired) electrons. The number of rotatable bonds is 2. The molecule has 2 aromatic heterocycles. The lowest BCUT2D eigenvalue weighted by Gasteiger charge is -2.07. The second kappa shape index (κ2) is 5.97. The van der Waals surface area contributed by atoms with Crippen molar-refractivity contribution < 1.29 is 4.42 Å². The zero-order chi connectivity index (χ0) is 17.5. The van der Waals surface area contributed by atoms with E-state index in [2.05, 4.69) is 34.2 Å². The van der Waals surface area contributed by atoms with E-state index in [1.54, 1.807) is 0 Å². The summed E-state index contributed by atoms with van der Waals surface area (Å²) >= 11 is 6.18. The largest absolute Gasteiger partial charge is 0.438 e. The number of halogens is 1. The Morgan fingerprint density at radius 1 is 0.692 bits per heavy atom. The van der Waals surface area contributed by atoms with Gasteiger partial charge in [-0.05, 0) is 34.9 Å². The first kappa shape index (κ1) is 15.1. The van der Waals surface area contributed by atoms with Crippen LogP contribution in [0.5, 0.6) is 0 Å². The molecule has 0 saturated heterocycles. The molecule has 2 heterocycles. The summed E-state index contributed by atoms with van der Waals surface area (Å²) in [7, 11) is 0. The Hall–Kier alpha value is -3.17. The van der Waals surface area contributed by atoms with Crippen LogP contribution in [-0.4, -0.2) is 9.97 Å². The number of furan rings is 1. The first-order chi connectivity index (χ1) is 12.8. The Morgan fingerprint density at radius 2 is 1.42 bits per heavy atom. The van der Waals surface area contributed by atoms with Gasteiger partial charge in [0.05, 0.1) is 11.1 Å². The first-order valence-electron chi connectivity index (χ1n) is 8.30. The zero-order valence-corrected chi connectivity index (χ0v) is 14.4. The Morgan fingerprint density at radius 3 is 2.31 bits per heavy atom. The van der Waals surface area contributed by atoms with Crippen LogP contribution >= 0.6 is 11.6 Å². The van der Waals surface area contributed by atoms with Gasteiger partial charge in [0, 0.05) is 10.9 Å². The molecule has 0 aliphatic rings. The van der Waals surface area contributed by atoms with Crippen molar-refractivity contribution in [2.24, 2.45) is 0 Å². The summed E-state index contributed by atoms with van der Waals surface area (Å²) in [6.07, 6.45) is 0. The van der Waals surface area contributed by atoms with Crippen molar-refractivity contribution in [3.63, 3.8) is 0 Å². The molecule has 5 aromatic rings. The van der Waals surface area contributed by atoms with E-state index in [9.17, 15) is 0 Å². The zero-order valence-electron chi connectivity index (χ0n) is 13.7. The fourth-order valence-electron chi connectivity index (χ4n) is 3.28. The van der Waals surface area contributed by atoms with E-state index in [1.165, 1.54) is 0 Å². The molecule has 0 aliphatic carbocycles. The third-order valence-corrected chi connectivity index (χ3v) is 4.62. The van der Waals surface area contributed by atoms with E-state index in [0.29, 0.717) is 5.71 Å². The molecule has 0 unspecified atom stereocenters. The molecule has 0 atom stereocenters. The maximum absolute atomic E-state index is 6.18. The minimum Gasteiger partial charge on any atom is -0.438 e. The van der Waals surface area contributed by atoms with Gasteiger partial charge in [0.25, 0.3) is 0 Å². The van der Waals surface area contributed by atoms with Crippen molar-refractivity contribution in [3.05, 3.63) is 84.1 Å². The summed E-state index contributed by atoms with van der Waals surface area (Å²) in [6, 6.07) is 26.4. The number of fused-ring (bicyclic) bond motifs is 3. The first-order valence-corrected chi connectivity index (χ1v) is 8.68. The minimum absolute atomic E-state index is 0.177. The minimum atomic E-state index is 0.177. The molecular formula is C22H13ClN2O. The average Bonchev–Trinajstić information content (AvgIpc) is 3.06. The number of aromatic nitrogens is 2. The van der Waals surface area contributed by atoms with Gasteiger partial charge in [-0.2, -0.15) is 4.98 Å². The lowest BCUT2D eigenvalue weighted by atomic mass is 10.00. The smallest absolute Gasteiger partial charge is 0.232 e. The highest BCUT2D eigenvalue weighted by Crippen LogP contribution is 2.36. The highest BCUT2D eigenvalue weighted by Gasteiger charge is 2.16. The average molecular weight is 357 g/mol. The van der Waals surface area contributed by atoms with Crippen LogP contribution in [-0.2, 0) is 0 Å². The molecule has 0 aliphatic heterocycles. The van der Waals surface area contributed by atoms with Gasteiger partial charge in [0.2, 0.25) is 11.0 Å². The molecule has 0 amide bonds. The highest BCUT2D eigenvalue weighted by atomic mass is 35.5. The summed E-state index contributed by atoms with van der Waals surface area (Å²) in [5, 5.41) is 2.05. The van der Waals surface area contributed by atoms with E-state index >= 15 is 0 Å². The second-order valence-electron chi connectivity index (χ2n) is 6.07. The van der Waals surface area contributed by atoms with Crippen molar-refractivity contribution in [2.75, 3.05) is 0 Å². The Balaban J connectivity index is 1.79. The molecule has 0 fully saturated rings. The van der Waals surface area contributed by atoms with Crippen LogP contribution in [0.2, 0.25) is 5.28 Å². The van der Waals surface area contributed by atoms with Crippen LogP contribution in [0.1, 0.15) is 0 Å². The molecule has 26 heavy (non-hydrogen) atoms. The van der Waals surface area contributed by atoms with Gasteiger partial charge in [0.15, 0.2) is 0 Å². The maximum atomic E-state index is 6.18. The van der Waals surface area contributed by atoms with E-state index in [4.69, 9.17) is 16.0 Å². The monoisotopic (exact) mass is 356 g/mol. The highest BCUT2D eigenvalue weighted by molar-refractivity contribution is 6.29. The number of para-hydroxylation sites is 1. The lowest BCUT2D eigenvalue weighted by Crippen LogP contribution is -1.90. The van der Waals surface area contributed by atoms with E-state index < -0.39 is 0 Å². The van der Waals surface area contributed by atoms with Gasteiger partial charge in [-0.25, -0.2) is 4.98 Å². The molecule has 124 valence electrons. The van der Waals surface area contributed by atoms with E-state index in [0.717, 1.165) is 38.7 Å². The molecule has 3 nitrogen and oxygen atoms in total. The summed E-state index contributed by atoms with van der Waals surface area (Å²) in [4.78, 5) is 8.79. The third-order valence-electron chi connectivity index (χ3n) is 4.45. The molecule has 0 bridgehead atoms. The topological polar surface area (TPSA) is 38.9 Å². The third kappa shape index (κ3) is 2.45. The molecule has 3 aromatic carbocycles. The fourth-order valence-corrected chi connectivity index (χ4v) is 3.44. The Labute approximate surface area is 154 Å². The van der Waals surface area contributed by atoms with Crippen molar-refractivity contribution in [1.29, 1.82) is 0 Å². The summed E-state index contributed by atoms with van der Waals surface area (Å²) in [6.45, 7) is 0. The molecule has 0 spiro atoms. The quantitative estimate of drug-likeness (QED) is 0.345. The number of hydrogen-bond donors (Lipinski definition) is 0. The Bertz CT molecular complexity index is 1250. The normalized spacial score (nSPS) is 11.3. The van der Waals surface area contributed by atoms with Gasteiger partial charge >= 0.3 is 0 Å². The van der Waals surface area contributed by atoms with Gasteiger partial charge in [-0.15, -0.1) is 0 Å². The van der Waals surface area contributed by atoms with Crippen molar-refractivity contribution in [3.8, 4) is 22.4 Å². The number of benzene rings is 3.